The highest BCUT2D eigenvalue weighted by atomic mass is 32.2. The number of carbonyl (C=O) groups excluding carboxylic acids is 1. The Kier molecular flexibility index (Phi) is 5.99. The van der Waals surface area contributed by atoms with E-state index in [9.17, 15) is 13.2 Å². The highest BCUT2D eigenvalue weighted by molar-refractivity contribution is 7.89. The molecule has 156 valence electrons. The van der Waals surface area contributed by atoms with Gasteiger partial charge in [0.05, 0.1) is 36.3 Å². The highest BCUT2D eigenvalue weighted by Crippen LogP contribution is 2.33. The normalized spacial score (nSPS) is 16.0. The minimum absolute atomic E-state index is 0.130. The first-order valence-corrected chi connectivity index (χ1v) is 10.8. The highest BCUT2D eigenvalue weighted by Gasteiger charge is 2.28. The minimum atomic E-state index is -3.94. The van der Waals surface area contributed by atoms with E-state index >= 15 is 0 Å². The molecule has 1 amide bonds. The summed E-state index contributed by atoms with van der Waals surface area (Å²) in [6, 6.07) is 11.8. The fourth-order valence-corrected chi connectivity index (χ4v) is 3.94. The third-order valence-corrected chi connectivity index (χ3v) is 5.77. The maximum absolute atomic E-state index is 13.0. The number of benzene rings is 2. The molecule has 8 nitrogen and oxygen atoms in total. The Morgan fingerprint density at radius 2 is 2.03 bits per heavy atom. The van der Waals surface area contributed by atoms with Crippen LogP contribution in [0.4, 0.5) is 5.69 Å². The fraction of sp³-hybridized carbons (Fsp3) is 0.350. The van der Waals surface area contributed by atoms with Crippen LogP contribution in [0, 0.1) is 0 Å². The molecule has 1 heterocycles. The molecule has 0 saturated carbocycles. The summed E-state index contributed by atoms with van der Waals surface area (Å²) < 4.78 is 34.6. The smallest absolute Gasteiger partial charge is 0.257 e. The molecule has 1 aliphatic heterocycles. The number of amides is 1. The van der Waals surface area contributed by atoms with E-state index in [2.05, 4.69) is 11.8 Å². The number of anilines is 1. The Morgan fingerprint density at radius 1 is 1.31 bits per heavy atom. The van der Waals surface area contributed by atoms with Gasteiger partial charge in [-0.1, -0.05) is 12.1 Å². The van der Waals surface area contributed by atoms with Gasteiger partial charge >= 0.3 is 0 Å². The number of methoxy groups -OCH3 is 1. The lowest BCUT2D eigenvalue weighted by atomic mass is 10.1. The van der Waals surface area contributed by atoms with Gasteiger partial charge in [0.2, 0.25) is 10.0 Å². The van der Waals surface area contributed by atoms with Crippen molar-refractivity contribution in [2.24, 2.45) is 5.14 Å². The van der Waals surface area contributed by atoms with Crippen molar-refractivity contribution in [3.05, 3.63) is 48.0 Å². The molecule has 29 heavy (non-hydrogen) atoms. The van der Waals surface area contributed by atoms with Crippen molar-refractivity contribution < 1.29 is 22.7 Å². The number of fused-ring (bicyclic) bond motifs is 1. The molecule has 2 N–H and O–H groups in total. The summed E-state index contributed by atoms with van der Waals surface area (Å²) >= 11 is 0. The Hall–Kier alpha value is -2.78. The lowest BCUT2D eigenvalue weighted by Gasteiger charge is -2.37. The summed E-state index contributed by atoms with van der Waals surface area (Å²) in [6.07, 6.45) is -0.230. The second-order valence-corrected chi connectivity index (χ2v) is 8.40. The standard InChI is InChI=1S/C20H25N3O5S/c1-4-23-13-14(28-19-8-6-5-7-17(19)23)12-22(2)20(24)16-11-15(29(21,25)26)9-10-18(16)27-3/h5-11,14H,4,12-13H2,1-3H3,(H2,21,25,26)/t14-/m1/s1. The fourth-order valence-electron chi connectivity index (χ4n) is 3.40. The number of rotatable bonds is 6. The molecule has 0 aromatic heterocycles. The molecule has 0 bridgehead atoms. The topological polar surface area (TPSA) is 102 Å². The Bertz CT molecular complexity index is 1010. The number of sulfonamides is 1. The van der Waals surface area contributed by atoms with E-state index in [0.717, 1.165) is 18.0 Å². The van der Waals surface area contributed by atoms with E-state index in [1.807, 2.05) is 24.3 Å². The van der Waals surface area contributed by atoms with Crippen molar-refractivity contribution in [1.29, 1.82) is 0 Å². The molecule has 0 fully saturated rings. The summed E-state index contributed by atoms with van der Waals surface area (Å²) in [5, 5.41) is 5.20. The number of primary sulfonamides is 1. The largest absolute Gasteiger partial charge is 0.496 e. The van der Waals surface area contributed by atoms with E-state index in [0.29, 0.717) is 13.1 Å². The molecule has 2 aromatic carbocycles. The summed E-state index contributed by atoms with van der Waals surface area (Å²) in [4.78, 5) is 16.6. The molecule has 0 saturated heterocycles. The van der Waals surface area contributed by atoms with Crippen LogP contribution in [-0.4, -0.2) is 59.1 Å². The van der Waals surface area contributed by atoms with E-state index in [-0.39, 0.29) is 28.2 Å². The number of likely N-dealkylation sites (N-methyl/N-ethyl adjacent to an activating group) is 2. The lowest BCUT2D eigenvalue weighted by Crippen LogP contribution is -2.46. The lowest BCUT2D eigenvalue weighted by molar-refractivity contribution is 0.0706. The number of hydrogen-bond donors (Lipinski definition) is 1. The van der Waals surface area contributed by atoms with Crippen molar-refractivity contribution >= 4 is 21.6 Å². The molecular weight excluding hydrogens is 394 g/mol. The van der Waals surface area contributed by atoms with Crippen LogP contribution in [0.15, 0.2) is 47.4 Å². The Labute approximate surface area is 170 Å². The molecular formula is C20H25N3O5S. The number of para-hydroxylation sites is 2. The number of nitrogens with two attached hydrogens (primary N) is 1. The quantitative estimate of drug-likeness (QED) is 0.765. The predicted octanol–water partition coefficient (Wildman–Crippen LogP) is 1.70. The zero-order valence-electron chi connectivity index (χ0n) is 16.7. The Morgan fingerprint density at radius 3 is 2.69 bits per heavy atom. The van der Waals surface area contributed by atoms with Gasteiger partial charge in [-0.2, -0.15) is 0 Å². The maximum Gasteiger partial charge on any atom is 0.257 e. The van der Waals surface area contributed by atoms with Crippen LogP contribution in [0.25, 0.3) is 0 Å². The molecule has 2 aromatic rings. The van der Waals surface area contributed by atoms with Crippen molar-refractivity contribution in [2.75, 3.05) is 38.7 Å². The van der Waals surface area contributed by atoms with Crippen molar-refractivity contribution in [1.82, 2.24) is 4.90 Å². The zero-order valence-corrected chi connectivity index (χ0v) is 17.5. The predicted molar refractivity (Wildman–Crippen MR) is 110 cm³/mol. The van der Waals surface area contributed by atoms with Gasteiger partial charge in [0.15, 0.2) is 0 Å². The van der Waals surface area contributed by atoms with Gasteiger partial charge < -0.3 is 19.3 Å². The van der Waals surface area contributed by atoms with Crippen LogP contribution in [0.1, 0.15) is 17.3 Å². The molecule has 0 aliphatic carbocycles. The molecule has 3 rings (SSSR count). The van der Waals surface area contributed by atoms with Gasteiger partial charge in [-0.15, -0.1) is 0 Å². The average Bonchev–Trinajstić information content (AvgIpc) is 2.71. The molecule has 0 unspecified atom stereocenters. The molecule has 0 radical (unpaired) electrons. The Balaban J connectivity index is 1.81. The first kappa shape index (κ1) is 20.9. The SMILES string of the molecule is CCN1C[C@@H](CN(C)C(=O)c2cc(S(N)(=O)=O)ccc2OC)Oc2ccccc21. The molecule has 1 aliphatic rings. The number of nitrogens with zero attached hydrogens (tertiary/aromatic N) is 2. The second kappa shape index (κ2) is 8.30. The molecule has 9 heteroatoms. The second-order valence-electron chi connectivity index (χ2n) is 6.84. The van der Waals surface area contributed by atoms with Crippen LogP contribution in [0.2, 0.25) is 0 Å². The zero-order chi connectivity index (χ0) is 21.2. The summed E-state index contributed by atoms with van der Waals surface area (Å²) in [6.45, 7) is 3.85. The molecule has 1 atom stereocenters. The van der Waals surface area contributed by atoms with Crippen LogP contribution in [0.5, 0.6) is 11.5 Å². The molecule has 0 spiro atoms. The van der Waals surface area contributed by atoms with Crippen molar-refractivity contribution in [3.8, 4) is 11.5 Å². The number of hydrogen-bond acceptors (Lipinski definition) is 6. The van der Waals surface area contributed by atoms with Gasteiger partial charge in [0.25, 0.3) is 5.91 Å². The van der Waals surface area contributed by atoms with Gasteiger partial charge in [-0.05, 0) is 37.3 Å². The summed E-state index contributed by atoms with van der Waals surface area (Å²) in [5.41, 5.74) is 1.16. The average molecular weight is 420 g/mol. The van der Waals surface area contributed by atoms with E-state index < -0.39 is 10.0 Å². The first-order valence-electron chi connectivity index (χ1n) is 9.21. The van der Waals surface area contributed by atoms with Gasteiger partial charge in [0.1, 0.15) is 17.6 Å². The van der Waals surface area contributed by atoms with Crippen LogP contribution >= 0.6 is 0 Å². The van der Waals surface area contributed by atoms with Crippen molar-refractivity contribution in [2.45, 2.75) is 17.9 Å². The van der Waals surface area contributed by atoms with Crippen LogP contribution in [0.3, 0.4) is 0 Å². The van der Waals surface area contributed by atoms with Gasteiger partial charge in [-0.25, -0.2) is 13.6 Å². The minimum Gasteiger partial charge on any atom is -0.496 e. The van der Waals surface area contributed by atoms with E-state index in [4.69, 9.17) is 14.6 Å². The first-order chi connectivity index (χ1) is 13.7. The van der Waals surface area contributed by atoms with E-state index in [1.165, 1.54) is 30.2 Å². The van der Waals surface area contributed by atoms with Gasteiger partial charge in [-0.3, -0.25) is 4.79 Å². The van der Waals surface area contributed by atoms with E-state index in [1.54, 1.807) is 7.05 Å². The number of carbonyl (C=O) groups is 1. The number of ether oxygens (including phenoxy) is 2. The monoisotopic (exact) mass is 419 g/mol. The van der Waals surface area contributed by atoms with Gasteiger partial charge in [0, 0.05) is 13.6 Å². The third kappa shape index (κ3) is 4.46. The summed E-state index contributed by atoms with van der Waals surface area (Å²) in [5.74, 6) is 0.678. The summed E-state index contributed by atoms with van der Waals surface area (Å²) in [7, 11) is -0.874. The third-order valence-electron chi connectivity index (χ3n) is 4.86. The van der Waals surface area contributed by atoms with Crippen LogP contribution < -0.4 is 19.5 Å². The van der Waals surface area contributed by atoms with Crippen LogP contribution in [-0.2, 0) is 10.0 Å². The maximum atomic E-state index is 13.0. The van der Waals surface area contributed by atoms with Crippen molar-refractivity contribution in [3.63, 3.8) is 0 Å².